The van der Waals surface area contributed by atoms with E-state index in [1.807, 2.05) is 4.90 Å². The molecule has 1 amide bonds. The highest BCUT2D eigenvalue weighted by atomic mass is 19.1. The largest absolute Gasteiger partial charge is 0.343 e. The van der Waals surface area contributed by atoms with Gasteiger partial charge in [-0.1, -0.05) is 13.0 Å². The van der Waals surface area contributed by atoms with Crippen LogP contribution >= 0.6 is 0 Å². The highest BCUT2D eigenvalue weighted by Crippen LogP contribution is 2.17. The second-order valence-electron chi connectivity index (χ2n) is 7.68. The van der Waals surface area contributed by atoms with Crippen molar-refractivity contribution in [2.75, 3.05) is 13.1 Å². The number of carbonyl (C=O) groups is 1. The van der Waals surface area contributed by atoms with Crippen molar-refractivity contribution in [3.8, 4) is 5.69 Å². The SMILES string of the molecule is CC1CCN(C(=O)CCCc2nnc3c(=O)n(-c4cccc(F)c4)ccn23)CC1. The topological polar surface area (TPSA) is 72.5 Å². The molecule has 0 N–H and O–H groups in total. The van der Waals surface area contributed by atoms with E-state index in [0.717, 1.165) is 25.9 Å². The summed E-state index contributed by atoms with van der Waals surface area (Å²) in [7, 11) is 0. The van der Waals surface area contributed by atoms with Crippen molar-refractivity contribution >= 4 is 11.6 Å². The van der Waals surface area contributed by atoms with Crippen molar-refractivity contribution in [2.45, 2.75) is 39.0 Å². The summed E-state index contributed by atoms with van der Waals surface area (Å²) in [5, 5.41) is 8.14. The molecule has 0 atom stereocenters. The van der Waals surface area contributed by atoms with Gasteiger partial charge in [-0.25, -0.2) is 4.39 Å². The maximum absolute atomic E-state index is 13.5. The third-order valence-electron chi connectivity index (χ3n) is 5.56. The molecule has 3 heterocycles. The van der Waals surface area contributed by atoms with Gasteiger partial charge in [0.2, 0.25) is 11.6 Å². The molecule has 8 heteroatoms. The van der Waals surface area contributed by atoms with E-state index in [1.54, 1.807) is 28.9 Å². The van der Waals surface area contributed by atoms with Crippen molar-refractivity contribution in [3.05, 3.63) is 58.7 Å². The summed E-state index contributed by atoms with van der Waals surface area (Å²) in [5.41, 5.74) is 0.252. The summed E-state index contributed by atoms with van der Waals surface area (Å²) >= 11 is 0. The van der Waals surface area contributed by atoms with Crippen LogP contribution in [0.1, 0.15) is 38.4 Å². The van der Waals surface area contributed by atoms with E-state index in [-0.39, 0.29) is 17.1 Å². The Balaban J connectivity index is 1.45. The summed E-state index contributed by atoms with van der Waals surface area (Å²) in [6, 6.07) is 5.83. The van der Waals surface area contributed by atoms with Crippen LogP contribution in [0.4, 0.5) is 4.39 Å². The van der Waals surface area contributed by atoms with Gasteiger partial charge in [0.1, 0.15) is 11.6 Å². The van der Waals surface area contributed by atoms with E-state index in [4.69, 9.17) is 0 Å². The van der Waals surface area contributed by atoms with Crippen molar-refractivity contribution in [3.63, 3.8) is 0 Å². The smallest absolute Gasteiger partial charge is 0.300 e. The number of rotatable bonds is 5. The number of aryl methyl sites for hydroxylation is 1. The Hall–Kier alpha value is -3.03. The second kappa shape index (κ2) is 8.14. The van der Waals surface area contributed by atoms with E-state index in [9.17, 15) is 14.0 Å². The minimum Gasteiger partial charge on any atom is -0.343 e. The molecule has 1 saturated heterocycles. The second-order valence-corrected chi connectivity index (χ2v) is 7.68. The van der Waals surface area contributed by atoms with Crippen molar-refractivity contribution < 1.29 is 9.18 Å². The molecule has 0 radical (unpaired) electrons. The van der Waals surface area contributed by atoms with Gasteiger partial charge in [0.15, 0.2) is 0 Å². The first-order chi connectivity index (χ1) is 14.0. The van der Waals surface area contributed by atoms with Crippen molar-refractivity contribution in [2.24, 2.45) is 5.92 Å². The van der Waals surface area contributed by atoms with Gasteiger partial charge >= 0.3 is 5.56 Å². The molecule has 2 aromatic heterocycles. The van der Waals surface area contributed by atoms with Crippen LogP contribution in [0.3, 0.4) is 0 Å². The third kappa shape index (κ3) is 4.06. The zero-order valence-corrected chi connectivity index (χ0v) is 16.4. The molecular formula is C21H24FN5O2. The zero-order valence-electron chi connectivity index (χ0n) is 16.4. The molecule has 0 aliphatic carbocycles. The average Bonchev–Trinajstić information content (AvgIpc) is 3.13. The molecule has 7 nitrogen and oxygen atoms in total. The lowest BCUT2D eigenvalue weighted by molar-refractivity contribution is -0.132. The number of carbonyl (C=O) groups excluding carboxylic acids is 1. The normalized spacial score (nSPS) is 15.2. The van der Waals surface area contributed by atoms with Crippen LogP contribution in [-0.4, -0.2) is 43.1 Å². The summed E-state index contributed by atoms with van der Waals surface area (Å²) in [5.74, 6) is 1.10. The number of hydrogen-bond acceptors (Lipinski definition) is 4. The summed E-state index contributed by atoms with van der Waals surface area (Å²) < 4.78 is 16.5. The summed E-state index contributed by atoms with van der Waals surface area (Å²) in [6.07, 6.45) is 7.08. The molecule has 0 unspecified atom stereocenters. The number of amides is 1. The van der Waals surface area contributed by atoms with Gasteiger partial charge < -0.3 is 4.90 Å². The molecule has 1 fully saturated rings. The molecule has 29 heavy (non-hydrogen) atoms. The van der Waals surface area contributed by atoms with Crippen LogP contribution in [0, 0.1) is 11.7 Å². The lowest BCUT2D eigenvalue weighted by Crippen LogP contribution is -2.37. The van der Waals surface area contributed by atoms with E-state index >= 15 is 0 Å². The molecule has 1 aliphatic heterocycles. The fraction of sp³-hybridized carbons (Fsp3) is 0.429. The van der Waals surface area contributed by atoms with Crippen LogP contribution in [0.5, 0.6) is 0 Å². The predicted octanol–water partition coefficient (Wildman–Crippen LogP) is 2.60. The van der Waals surface area contributed by atoms with Gasteiger partial charge in [0, 0.05) is 38.3 Å². The monoisotopic (exact) mass is 397 g/mol. The number of piperidine rings is 1. The third-order valence-corrected chi connectivity index (χ3v) is 5.56. The lowest BCUT2D eigenvalue weighted by atomic mass is 9.99. The van der Waals surface area contributed by atoms with Gasteiger partial charge in [0.05, 0.1) is 5.69 Å². The molecule has 1 aromatic carbocycles. The Bertz CT molecular complexity index is 1080. The highest BCUT2D eigenvalue weighted by molar-refractivity contribution is 5.76. The number of aromatic nitrogens is 4. The summed E-state index contributed by atoms with van der Waals surface area (Å²) in [6.45, 7) is 3.90. The number of halogens is 1. The Labute approximate surface area is 167 Å². The van der Waals surface area contributed by atoms with E-state index in [0.29, 0.717) is 36.7 Å². The molecule has 1 aliphatic rings. The van der Waals surface area contributed by atoms with Crippen LogP contribution in [-0.2, 0) is 11.2 Å². The number of benzene rings is 1. The van der Waals surface area contributed by atoms with Crippen molar-refractivity contribution in [1.29, 1.82) is 0 Å². The van der Waals surface area contributed by atoms with Gasteiger partial charge in [-0.3, -0.25) is 18.6 Å². The first-order valence-corrected chi connectivity index (χ1v) is 10.0. The Morgan fingerprint density at radius 1 is 1.21 bits per heavy atom. The Morgan fingerprint density at radius 3 is 2.76 bits per heavy atom. The number of likely N-dealkylation sites (tertiary alicyclic amines) is 1. The Morgan fingerprint density at radius 2 is 2.00 bits per heavy atom. The van der Waals surface area contributed by atoms with Gasteiger partial charge in [-0.15, -0.1) is 10.2 Å². The standard InChI is InChI=1S/C21H24FN5O2/c1-15-8-10-25(11-9-15)19(28)7-3-6-18-23-24-20-21(29)26(12-13-27(18)20)17-5-2-4-16(22)14-17/h2,4-5,12-15H,3,6-11H2,1H3. The highest BCUT2D eigenvalue weighted by Gasteiger charge is 2.20. The maximum atomic E-state index is 13.5. The maximum Gasteiger partial charge on any atom is 0.300 e. The number of fused-ring (bicyclic) bond motifs is 1. The minimum absolute atomic E-state index is 0.180. The van der Waals surface area contributed by atoms with Crippen LogP contribution in [0.25, 0.3) is 11.3 Å². The molecule has 152 valence electrons. The van der Waals surface area contributed by atoms with Crippen LogP contribution in [0.2, 0.25) is 0 Å². The van der Waals surface area contributed by atoms with E-state index < -0.39 is 5.82 Å². The van der Waals surface area contributed by atoms with E-state index in [2.05, 4.69) is 17.1 Å². The minimum atomic E-state index is -0.413. The van der Waals surface area contributed by atoms with Crippen LogP contribution in [0.15, 0.2) is 41.5 Å². The molecular weight excluding hydrogens is 373 g/mol. The van der Waals surface area contributed by atoms with E-state index in [1.165, 1.54) is 16.7 Å². The average molecular weight is 397 g/mol. The van der Waals surface area contributed by atoms with Gasteiger partial charge in [0.25, 0.3) is 0 Å². The fourth-order valence-electron chi connectivity index (χ4n) is 3.75. The molecule has 0 spiro atoms. The Kier molecular flexibility index (Phi) is 5.42. The quantitative estimate of drug-likeness (QED) is 0.663. The summed E-state index contributed by atoms with van der Waals surface area (Å²) in [4.78, 5) is 27.0. The van der Waals surface area contributed by atoms with Gasteiger partial charge in [-0.2, -0.15) is 0 Å². The molecule has 0 saturated carbocycles. The van der Waals surface area contributed by atoms with Gasteiger partial charge in [-0.05, 0) is 43.4 Å². The fourth-order valence-corrected chi connectivity index (χ4v) is 3.75. The first-order valence-electron chi connectivity index (χ1n) is 10.0. The van der Waals surface area contributed by atoms with Crippen LogP contribution < -0.4 is 5.56 Å². The predicted molar refractivity (Wildman–Crippen MR) is 106 cm³/mol. The van der Waals surface area contributed by atoms with Crippen molar-refractivity contribution in [1.82, 2.24) is 24.1 Å². The first kappa shape index (κ1) is 19.3. The molecule has 4 rings (SSSR count). The number of nitrogens with zero attached hydrogens (tertiary/aromatic N) is 5. The zero-order chi connectivity index (χ0) is 20.4. The molecule has 0 bridgehead atoms. The number of hydrogen-bond donors (Lipinski definition) is 0. The lowest BCUT2D eigenvalue weighted by Gasteiger charge is -2.30. The molecule has 3 aromatic rings.